The van der Waals surface area contributed by atoms with Crippen LogP contribution in [0.4, 0.5) is 0 Å². The van der Waals surface area contributed by atoms with Crippen molar-refractivity contribution in [2.24, 2.45) is 5.73 Å². The highest BCUT2D eigenvalue weighted by molar-refractivity contribution is 5.92. The Morgan fingerprint density at radius 1 is 1.83 bits per heavy atom. The average molecular weight is 168 g/mol. The van der Waals surface area contributed by atoms with Crippen LogP contribution in [0.25, 0.3) is 0 Å². The standard InChI is InChI=1S/C8H12N2O2/c1-6(5-11)10-3-2-7(4-10)8(9)12/h2-4,6,11H,5H2,1H3,(H2,9,12). The number of hydrogen-bond acceptors (Lipinski definition) is 2. The highest BCUT2D eigenvalue weighted by atomic mass is 16.3. The summed E-state index contributed by atoms with van der Waals surface area (Å²) < 4.78 is 1.75. The molecule has 3 N–H and O–H groups in total. The lowest BCUT2D eigenvalue weighted by molar-refractivity contribution is 0.1000. The zero-order chi connectivity index (χ0) is 9.14. The van der Waals surface area contributed by atoms with E-state index in [9.17, 15) is 4.79 Å². The normalized spacial score (nSPS) is 12.8. The number of primary amides is 1. The molecule has 0 bridgehead atoms. The van der Waals surface area contributed by atoms with Crippen molar-refractivity contribution in [3.63, 3.8) is 0 Å². The zero-order valence-corrected chi connectivity index (χ0v) is 6.90. The van der Waals surface area contributed by atoms with Gasteiger partial charge in [0.15, 0.2) is 0 Å². The van der Waals surface area contributed by atoms with E-state index >= 15 is 0 Å². The summed E-state index contributed by atoms with van der Waals surface area (Å²) >= 11 is 0. The predicted molar refractivity (Wildman–Crippen MR) is 44.7 cm³/mol. The minimum Gasteiger partial charge on any atom is -0.394 e. The Hall–Kier alpha value is -1.29. The topological polar surface area (TPSA) is 68.2 Å². The summed E-state index contributed by atoms with van der Waals surface area (Å²) in [7, 11) is 0. The highest BCUT2D eigenvalue weighted by Crippen LogP contribution is 2.07. The second-order valence-electron chi connectivity index (χ2n) is 2.74. The van der Waals surface area contributed by atoms with Gasteiger partial charge in [-0.05, 0) is 13.0 Å². The van der Waals surface area contributed by atoms with E-state index in [1.54, 1.807) is 23.0 Å². The maximum absolute atomic E-state index is 10.7. The lowest BCUT2D eigenvalue weighted by atomic mass is 10.3. The van der Waals surface area contributed by atoms with Crippen molar-refractivity contribution < 1.29 is 9.90 Å². The molecular formula is C8H12N2O2. The average Bonchev–Trinajstić information content (AvgIpc) is 2.51. The van der Waals surface area contributed by atoms with Gasteiger partial charge < -0.3 is 15.4 Å². The molecule has 12 heavy (non-hydrogen) atoms. The van der Waals surface area contributed by atoms with Crippen LogP contribution in [0.1, 0.15) is 23.3 Å². The lowest BCUT2D eigenvalue weighted by Crippen LogP contribution is -2.11. The van der Waals surface area contributed by atoms with E-state index < -0.39 is 5.91 Å². The van der Waals surface area contributed by atoms with Gasteiger partial charge in [-0.15, -0.1) is 0 Å². The predicted octanol–water partition coefficient (Wildman–Crippen LogP) is 0.140. The molecule has 1 unspecified atom stereocenters. The monoisotopic (exact) mass is 168 g/mol. The Morgan fingerprint density at radius 2 is 2.50 bits per heavy atom. The van der Waals surface area contributed by atoms with E-state index in [-0.39, 0.29) is 12.6 Å². The molecule has 0 saturated carbocycles. The zero-order valence-electron chi connectivity index (χ0n) is 6.90. The van der Waals surface area contributed by atoms with E-state index in [0.717, 1.165) is 0 Å². The number of aliphatic hydroxyl groups excluding tert-OH is 1. The third kappa shape index (κ3) is 1.65. The number of rotatable bonds is 3. The van der Waals surface area contributed by atoms with Gasteiger partial charge in [-0.3, -0.25) is 4.79 Å². The molecule has 0 aliphatic rings. The first-order valence-electron chi connectivity index (χ1n) is 3.73. The Bertz CT molecular complexity index is 280. The molecule has 1 atom stereocenters. The molecule has 4 nitrogen and oxygen atoms in total. The molecular weight excluding hydrogens is 156 g/mol. The number of amides is 1. The fourth-order valence-electron chi connectivity index (χ4n) is 0.927. The summed E-state index contributed by atoms with van der Waals surface area (Å²) in [6, 6.07) is 1.62. The van der Waals surface area contributed by atoms with Gasteiger partial charge in [-0.2, -0.15) is 0 Å². The molecule has 0 fully saturated rings. The molecule has 0 radical (unpaired) electrons. The maximum atomic E-state index is 10.7. The molecule has 0 aliphatic carbocycles. The third-order valence-electron chi connectivity index (χ3n) is 1.77. The van der Waals surface area contributed by atoms with Gasteiger partial charge in [-0.25, -0.2) is 0 Å². The first-order valence-corrected chi connectivity index (χ1v) is 3.73. The number of nitrogens with zero attached hydrogens (tertiary/aromatic N) is 1. The Balaban J connectivity index is 2.84. The maximum Gasteiger partial charge on any atom is 0.250 e. The number of aromatic nitrogens is 1. The van der Waals surface area contributed by atoms with Crippen LogP contribution >= 0.6 is 0 Å². The van der Waals surface area contributed by atoms with Gasteiger partial charge in [-0.1, -0.05) is 0 Å². The van der Waals surface area contributed by atoms with Crippen LogP contribution in [0.5, 0.6) is 0 Å². The minimum atomic E-state index is -0.445. The number of nitrogens with two attached hydrogens (primary N) is 1. The molecule has 66 valence electrons. The number of aliphatic hydroxyl groups is 1. The van der Waals surface area contributed by atoms with E-state index in [4.69, 9.17) is 10.8 Å². The first-order chi connectivity index (χ1) is 5.65. The van der Waals surface area contributed by atoms with Gasteiger partial charge >= 0.3 is 0 Å². The second-order valence-corrected chi connectivity index (χ2v) is 2.74. The molecule has 0 saturated heterocycles. The SMILES string of the molecule is CC(CO)n1ccc(C(N)=O)c1. The minimum absolute atomic E-state index is 0.0156. The molecule has 0 spiro atoms. The van der Waals surface area contributed by atoms with Gasteiger partial charge in [0.05, 0.1) is 18.2 Å². The van der Waals surface area contributed by atoms with Crippen LogP contribution in [0.3, 0.4) is 0 Å². The second kappa shape index (κ2) is 3.40. The summed E-state index contributed by atoms with van der Waals surface area (Å²) in [5.41, 5.74) is 5.52. The Morgan fingerprint density at radius 3 is 2.92 bits per heavy atom. The Labute approximate surface area is 70.6 Å². The smallest absolute Gasteiger partial charge is 0.250 e. The third-order valence-corrected chi connectivity index (χ3v) is 1.77. The molecule has 4 heteroatoms. The van der Waals surface area contributed by atoms with Gasteiger partial charge in [0.25, 0.3) is 0 Å². The van der Waals surface area contributed by atoms with Crippen LogP contribution in [-0.4, -0.2) is 22.2 Å². The van der Waals surface area contributed by atoms with E-state index in [1.807, 2.05) is 6.92 Å². The number of hydrogen-bond donors (Lipinski definition) is 2. The van der Waals surface area contributed by atoms with Crippen LogP contribution in [0.15, 0.2) is 18.5 Å². The largest absolute Gasteiger partial charge is 0.394 e. The van der Waals surface area contributed by atoms with Crippen LogP contribution in [-0.2, 0) is 0 Å². The van der Waals surface area contributed by atoms with Gasteiger partial charge in [0.1, 0.15) is 0 Å². The van der Waals surface area contributed by atoms with E-state index in [2.05, 4.69) is 0 Å². The van der Waals surface area contributed by atoms with Crippen molar-refractivity contribution in [3.8, 4) is 0 Å². The lowest BCUT2D eigenvalue weighted by Gasteiger charge is -2.08. The highest BCUT2D eigenvalue weighted by Gasteiger charge is 2.05. The summed E-state index contributed by atoms with van der Waals surface area (Å²) in [6.07, 6.45) is 3.35. The molecule has 1 rings (SSSR count). The number of carbonyl (C=O) groups is 1. The summed E-state index contributed by atoms with van der Waals surface area (Å²) in [5.74, 6) is -0.445. The van der Waals surface area contributed by atoms with Crippen LogP contribution in [0.2, 0.25) is 0 Å². The fourth-order valence-corrected chi connectivity index (χ4v) is 0.927. The van der Waals surface area contributed by atoms with Gasteiger partial charge in [0.2, 0.25) is 5.91 Å². The molecule has 0 aliphatic heterocycles. The molecule has 1 aromatic heterocycles. The van der Waals surface area contributed by atoms with E-state index in [1.165, 1.54) is 0 Å². The molecule has 1 amide bonds. The molecule has 1 heterocycles. The van der Waals surface area contributed by atoms with Crippen molar-refractivity contribution in [2.45, 2.75) is 13.0 Å². The van der Waals surface area contributed by atoms with Crippen LogP contribution < -0.4 is 5.73 Å². The molecule has 1 aromatic rings. The van der Waals surface area contributed by atoms with Gasteiger partial charge in [0, 0.05) is 12.4 Å². The summed E-state index contributed by atoms with van der Waals surface area (Å²) in [4.78, 5) is 10.7. The summed E-state index contributed by atoms with van der Waals surface area (Å²) in [6.45, 7) is 1.90. The fraction of sp³-hybridized carbons (Fsp3) is 0.375. The van der Waals surface area contributed by atoms with Crippen molar-refractivity contribution in [1.82, 2.24) is 4.57 Å². The summed E-state index contributed by atoms with van der Waals surface area (Å²) in [5, 5.41) is 8.80. The number of carbonyl (C=O) groups excluding carboxylic acids is 1. The Kier molecular flexibility index (Phi) is 2.50. The van der Waals surface area contributed by atoms with Crippen molar-refractivity contribution in [2.75, 3.05) is 6.61 Å². The van der Waals surface area contributed by atoms with E-state index in [0.29, 0.717) is 5.56 Å². The quantitative estimate of drug-likeness (QED) is 0.674. The van der Waals surface area contributed by atoms with Crippen molar-refractivity contribution in [3.05, 3.63) is 24.0 Å². The molecule has 0 aromatic carbocycles. The first kappa shape index (κ1) is 8.80. The van der Waals surface area contributed by atoms with Crippen molar-refractivity contribution >= 4 is 5.91 Å². The van der Waals surface area contributed by atoms with Crippen molar-refractivity contribution in [1.29, 1.82) is 0 Å². The van der Waals surface area contributed by atoms with Crippen LogP contribution in [0, 0.1) is 0 Å².